The number of aliphatic hydroxyl groups excluding tert-OH is 1. The van der Waals surface area contributed by atoms with E-state index in [9.17, 15) is 14.3 Å². The van der Waals surface area contributed by atoms with E-state index in [0.29, 0.717) is 11.3 Å². The van der Waals surface area contributed by atoms with Crippen LogP contribution in [0, 0.1) is 5.82 Å². The molecule has 1 amide bonds. The molecule has 0 aliphatic heterocycles. The van der Waals surface area contributed by atoms with Gasteiger partial charge in [0, 0.05) is 16.6 Å². The minimum atomic E-state index is -0.638. The third kappa shape index (κ3) is 4.02. The first kappa shape index (κ1) is 14.0. The van der Waals surface area contributed by atoms with E-state index in [-0.39, 0.29) is 10.8 Å². The summed E-state index contributed by atoms with van der Waals surface area (Å²) in [4.78, 5) is 10.8. The normalized spacial score (nSPS) is 14.4. The maximum atomic E-state index is 13.6. The molecule has 2 unspecified atom stereocenters. The van der Waals surface area contributed by atoms with Crippen molar-refractivity contribution in [2.75, 3.05) is 0 Å². The first-order chi connectivity index (χ1) is 7.91. The molecule has 94 valence electrons. The van der Waals surface area contributed by atoms with Crippen LogP contribution in [0.5, 0.6) is 0 Å². The van der Waals surface area contributed by atoms with E-state index in [1.807, 2.05) is 6.92 Å². The van der Waals surface area contributed by atoms with Crippen LogP contribution in [0.25, 0.3) is 0 Å². The van der Waals surface area contributed by atoms with Crippen LogP contribution in [-0.4, -0.2) is 22.4 Å². The van der Waals surface area contributed by atoms with Gasteiger partial charge in [-0.3, -0.25) is 4.79 Å². The number of nitrogens with two attached hydrogens (primary N) is 1. The quantitative estimate of drug-likeness (QED) is 0.847. The first-order valence-electron chi connectivity index (χ1n) is 5.29. The summed E-state index contributed by atoms with van der Waals surface area (Å²) in [5, 5.41) is 9.34. The van der Waals surface area contributed by atoms with Crippen molar-refractivity contribution in [1.29, 1.82) is 0 Å². The fourth-order valence-corrected chi connectivity index (χ4v) is 2.13. The van der Waals surface area contributed by atoms with Crippen LogP contribution in [0.4, 0.5) is 4.39 Å². The lowest BCUT2D eigenvalue weighted by Gasteiger charge is -2.14. The van der Waals surface area contributed by atoms with Crippen LogP contribution in [0.1, 0.15) is 29.8 Å². The summed E-state index contributed by atoms with van der Waals surface area (Å²) >= 11 is 1.46. The highest BCUT2D eigenvalue weighted by Gasteiger charge is 2.12. The zero-order chi connectivity index (χ0) is 13.0. The summed E-state index contributed by atoms with van der Waals surface area (Å²) in [5.74, 6) is -0.622. The molecule has 0 aromatic heterocycles. The van der Waals surface area contributed by atoms with Gasteiger partial charge in [-0.1, -0.05) is 13.0 Å². The highest BCUT2D eigenvalue weighted by Crippen LogP contribution is 2.22. The van der Waals surface area contributed by atoms with E-state index in [1.165, 1.54) is 17.8 Å². The van der Waals surface area contributed by atoms with Gasteiger partial charge in [0.2, 0.25) is 5.91 Å². The molecule has 0 heterocycles. The van der Waals surface area contributed by atoms with Crippen molar-refractivity contribution in [3.05, 3.63) is 35.1 Å². The minimum Gasteiger partial charge on any atom is -0.392 e. The summed E-state index contributed by atoms with van der Waals surface area (Å²) in [7, 11) is 0. The van der Waals surface area contributed by atoms with Gasteiger partial charge in [0.15, 0.2) is 0 Å². The summed E-state index contributed by atoms with van der Waals surface area (Å²) < 4.78 is 13.6. The van der Waals surface area contributed by atoms with E-state index in [1.54, 1.807) is 13.0 Å². The van der Waals surface area contributed by atoms with Gasteiger partial charge in [0.1, 0.15) is 5.82 Å². The van der Waals surface area contributed by atoms with Gasteiger partial charge in [-0.15, -0.1) is 0 Å². The molecule has 2 atom stereocenters. The topological polar surface area (TPSA) is 63.3 Å². The second-order valence-corrected chi connectivity index (χ2v) is 5.29. The maximum absolute atomic E-state index is 13.6. The number of halogens is 1. The highest BCUT2D eigenvalue weighted by molar-refractivity contribution is 7.99. The van der Waals surface area contributed by atoms with Crippen LogP contribution >= 0.6 is 11.8 Å². The number of aliphatic hydroxyl groups is 1. The number of primary amides is 1. The third-order valence-corrected chi connectivity index (χ3v) is 3.92. The van der Waals surface area contributed by atoms with E-state index in [4.69, 9.17) is 5.73 Å². The molecule has 0 aliphatic carbocycles. The predicted molar refractivity (Wildman–Crippen MR) is 67.4 cm³/mol. The molecule has 5 heteroatoms. The van der Waals surface area contributed by atoms with Crippen molar-refractivity contribution in [1.82, 2.24) is 0 Å². The van der Waals surface area contributed by atoms with E-state index in [0.717, 1.165) is 6.07 Å². The molecule has 0 radical (unpaired) electrons. The number of benzene rings is 1. The molecule has 3 nitrogen and oxygen atoms in total. The molecule has 1 aromatic rings. The zero-order valence-corrected chi connectivity index (χ0v) is 10.6. The molecule has 0 saturated carbocycles. The zero-order valence-electron chi connectivity index (χ0n) is 9.81. The number of carbonyl (C=O) groups excluding carboxylic acids is 1. The van der Waals surface area contributed by atoms with Gasteiger partial charge in [0.25, 0.3) is 0 Å². The number of amides is 1. The predicted octanol–water partition coefficient (Wildman–Crippen LogP) is 1.93. The van der Waals surface area contributed by atoms with Crippen molar-refractivity contribution in [2.24, 2.45) is 5.73 Å². The van der Waals surface area contributed by atoms with Crippen LogP contribution in [0.15, 0.2) is 18.2 Å². The van der Waals surface area contributed by atoms with E-state index in [2.05, 4.69) is 0 Å². The van der Waals surface area contributed by atoms with Crippen LogP contribution < -0.4 is 5.73 Å². The summed E-state index contributed by atoms with van der Waals surface area (Å²) in [6.07, 6.45) is -0.437. The Kier molecular flexibility index (Phi) is 4.96. The number of rotatable bonds is 5. The van der Waals surface area contributed by atoms with Crippen molar-refractivity contribution in [2.45, 2.75) is 31.0 Å². The molecular formula is C12H16FNO2S. The Morgan fingerprint density at radius 1 is 1.53 bits per heavy atom. The summed E-state index contributed by atoms with van der Waals surface area (Å²) in [6.45, 7) is 3.58. The van der Waals surface area contributed by atoms with Crippen LogP contribution in [-0.2, 0) is 5.75 Å². The molecular weight excluding hydrogens is 241 g/mol. The summed E-state index contributed by atoms with van der Waals surface area (Å²) in [6, 6.07) is 4.21. The Balaban J connectivity index is 2.70. The number of hydrogen-bond acceptors (Lipinski definition) is 3. The van der Waals surface area contributed by atoms with Crippen LogP contribution in [0.3, 0.4) is 0 Å². The average Bonchev–Trinajstić information content (AvgIpc) is 2.26. The van der Waals surface area contributed by atoms with Crippen molar-refractivity contribution < 1.29 is 14.3 Å². The van der Waals surface area contributed by atoms with Gasteiger partial charge < -0.3 is 10.8 Å². The van der Waals surface area contributed by atoms with E-state index >= 15 is 0 Å². The van der Waals surface area contributed by atoms with Crippen molar-refractivity contribution >= 4 is 17.7 Å². The molecule has 1 aromatic carbocycles. The molecule has 0 bridgehead atoms. The number of carbonyl (C=O) groups is 1. The molecule has 17 heavy (non-hydrogen) atoms. The molecule has 0 aliphatic rings. The summed E-state index contributed by atoms with van der Waals surface area (Å²) in [5.41, 5.74) is 5.72. The van der Waals surface area contributed by atoms with Crippen molar-refractivity contribution in [3.63, 3.8) is 0 Å². The lowest BCUT2D eigenvalue weighted by molar-refractivity contribution is 0.1000. The SMILES string of the molecule is CC(O)C(C)SCc1ccc(C(N)=O)cc1F. The first-order valence-corrected chi connectivity index (χ1v) is 6.34. The van der Waals surface area contributed by atoms with Gasteiger partial charge in [-0.05, 0) is 24.6 Å². The number of hydrogen-bond donors (Lipinski definition) is 2. The number of thioether (sulfide) groups is 1. The second-order valence-electron chi connectivity index (χ2n) is 3.93. The van der Waals surface area contributed by atoms with Crippen molar-refractivity contribution in [3.8, 4) is 0 Å². The molecule has 3 N–H and O–H groups in total. The lowest BCUT2D eigenvalue weighted by Crippen LogP contribution is -2.15. The maximum Gasteiger partial charge on any atom is 0.248 e. The molecule has 0 spiro atoms. The monoisotopic (exact) mass is 257 g/mol. The standard InChI is InChI=1S/C12H16FNO2S/c1-7(15)8(2)17-6-10-4-3-9(12(14)16)5-11(10)13/h3-5,7-8,15H,6H2,1-2H3,(H2,14,16). The minimum absolute atomic E-state index is 0.0326. The molecule has 0 fully saturated rings. The Morgan fingerprint density at radius 2 is 2.18 bits per heavy atom. The Labute approximate surface area is 104 Å². The van der Waals surface area contributed by atoms with Gasteiger partial charge in [-0.25, -0.2) is 4.39 Å². The van der Waals surface area contributed by atoms with Crippen LogP contribution in [0.2, 0.25) is 0 Å². The lowest BCUT2D eigenvalue weighted by atomic mass is 10.1. The Hall–Kier alpha value is -1.07. The fraction of sp³-hybridized carbons (Fsp3) is 0.417. The van der Waals surface area contributed by atoms with Gasteiger partial charge >= 0.3 is 0 Å². The van der Waals surface area contributed by atoms with Gasteiger partial charge in [-0.2, -0.15) is 11.8 Å². The Bertz CT molecular complexity index is 409. The third-order valence-electron chi connectivity index (χ3n) is 2.52. The van der Waals surface area contributed by atoms with Gasteiger partial charge in [0.05, 0.1) is 6.10 Å². The largest absolute Gasteiger partial charge is 0.392 e. The Morgan fingerprint density at radius 3 is 2.65 bits per heavy atom. The van der Waals surface area contributed by atoms with E-state index < -0.39 is 17.8 Å². The smallest absolute Gasteiger partial charge is 0.248 e. The molecule has 1 rings (SSSR count). The second kappa shape index (κ2) is 6.02. The highest BCUT2D eigenvalue weighted by atomic mass is 32.2. The fourth-order valence-electron chi connectivity index (χ4n) is 1.18. The average molecular weight is 257 g/mol. The molecule has 0 saturated heterocycles.